The Morgan fingerprint density at radius 1 is 1.35 bits per heavy atom. The second-order valence-electron chi connectivity index (χ2n) is 6.41. The van der Waals surface area contributed by atoms with Crippen molar-refractivity contribution < 1.29 is 13.2 Å². The Morgan fingerprint density at radius 2 is 2.05 bits per heavy atom. The number of hydrogen-bond donors (Lipinski definition) is 0. The van der Waals surface area contributed by atoms with Crippen LogP contribution < -0.4 is 0 Å². The molecule has 2 unspecified atom stereocenters. The smallest absolute Gasteiger partial charge is 0.282 e. The van der Waals surface area contributed by atoms with Gasteiger partial charge < -0.3 is 4.74 Å². The van der Waals surface area contributed by atoms with Gasteiger partial charge in [0.2, 0.25) is 0 Å². The summed E-state index contributed by atoms with van der Waals surface area (Å²) in [6, 6.07) is 0.0779. The topological polar surface area (TPSA) is 49.9 Å². The Balaban J connectivity index is 2.19. The van der Waals surface area contributed by atoms with E-state index >= 15 is 0 Å². The molecule has 2 aliphatic heterocycles. The molecular weight excluding hydrogens is 300 g/mol. The van der Waals surface area contributed by atoms with Gasteiger partial charge in [0.05, 0.1) is 11.7 Å². The van der Waals surface area contributed by atoms with Gasteiger partial charge in [-0.3, -0.25) is 0 Å². The van der Waals surface area contributed by atoms with E-state index in [2.05, 4.69) is 0 Å². The van der Waals surface area contributed by atoms with Crippen LogP contribution >= 0.6 is 11.6 Å². The molecule has 0 saturated carbocycles. The number of hydrogen-bond acceptors (Lipinski definition) is 3. The van der Waals surface area contributed by atoms with Crippen LogP contribution in [0.1, 0.15) is 40.0 Å². The average Bonchev–Trinajstić information content (AvgIpc) is 2.37. The molecule has 2 rings (SSSR count). The Bertz CT molecular complexity index is 441. The summed E-state index contributed by atoms with van der Waals surface area (Å²) >= 11 is 5.88. The van der Waals surface area contributed by atoms with Gasteiger partial charge in [0, 0.05) is 31.6 Å². The number of morpholine rings is 1. The Labute approximate surface area is 127 Å². The molecule has 2 saturated heterocycles. The molecule has 0 aromatic rings. The minimum Gasteiger partial charge on any atom is -0.368 e. The van der Waals surface area contributed by atoms with Crippen molar-refractivity contribution >= 4 is 21.8 Å². The third-order valence-corrected chi connectivity index (χ3v) is 6.40. The molecule has 0 spiro atoms. The van der Waals surface area contributed by atoms with Gasteiger partial charge in [-0.1, -0.05) is 6.42 Å². The van der Waals surface area contributed by atoms with Gasteiger partial charge in [-0.15, -0.1) is 11.6 Å². The first-order valence-electron chi connectivity index (χ1n) is 7.27. The standard InChI is InChI=1S/C13H25ClN2O3S/c1-11-6-4-5-7-16(11)20(17,18)15-9-12(8-14)19-13(2,3)10-15/h11-12H,4-10H2,1-3H3. The van der Waals surface area contributed by atoms with Crippen molar-refractivity contribution in [3.63, 3.8) is 0 Å². The van der Waals surface area contributed by atoms with Crippen LogP contribution in [-0.4, -0.2) is 60.3 Å². The number of nitrogens with zero attached hydrogens (tertiary/aromatic N) is 2. The molecule has 0 aromatic carbocycles. The molecule has 0 aromatic heterocycles. The molecule has 0 N–H and O–H groups in total. The second kappa shape index (κ2) is 6.08. The van der Waals surface area contributed by atoms with Gasteiger partial charge in [0.25, 0.3) is 10.2 Å². The van der Waals surface area contributed by atoms with Crippen molar-refractivity contribution in [2.45, 2.75) is 57.8 Å². The maximum absolute atomic E-state index is 12.9. The van der Waals surface area contributed by atoms with E-state index in [1.165, 1.54) is 0 Å². The van der Waals surface area contributed by atoms with Gasteiger partial charge in [0.1, 0.15) is 0 Å². The second-order valence-corrected chi connectivity index (χ2v) is 8.60. The zero-order chi connectivity index (χ0) is 15.0. The molecule has 2 atom stereocenters. The summed E-state index contributed by atoms with van der Waals surface area (Å²) in [6.07, 6.45) is 2.74. The highest BCUT2D eigenvalue weighted by Gasteiger charge is 2.42. The summed E-state index contributed by atoms with van der Waals surface area (Å²) in [5, 5.41) is 0. The Kier molecular flexibility index (Phi) is 5.02. The average molecular weight is 325 g/mol. The third-order valence-electron chi connectivity index (χ3n) is 3.99. The number of rotatable bonds is 3. The molecule has 2 fully saturated rings. The highest BCUT2D eigenvalue weighted by atomic mass is 35.5. The lowest BCUT2D eigenvalue weighted by Crippen LogP contribution is -2.59. The van der Waals surface area contributed by atoms with Crippen molar-refractivity contribution in [1.29, 1.82) is 0 Å². The maximum Gasteiger partial charge on any atom is 0.282 e. The molecule has 7 heteroatoms. The summed E-state index contributed by atoms with van der Waals surface area (Å²) in [4.78, 5) is 0. The Hall–Kier alpha value is 0.120. The lowest BCUT2D eigenvalue weighted by atomic mass is 10.1. The molecule has 2 heterocycles. The molecule has 5 nitrogen and oxygen atoms in total. The molecule has 0 radical (unpaired) electrons. The highest BCUT2D eigenvalue weighted by molar-refractivity contribution is 7.86. The molecule has 2 aliphatic rings. The fourth-order valence-corrected chi connectivity index (χ4v) is 5.27. The first-order valence-corrected chi connectivity index (χ1v) is 9.20. The van der Waals surface area contributed by atoms with E-state index in [1.807, 2.05) is 20.8 Å². The fraction of sp³-hybridized carbons (Fsp3) is 1.00. The van der Waals surface area contributed by atoms with Crippen molar-refractivity contribution in [3.05, 3.63) is 0 Å². The summed E-state index contributed by atoms with van der Waals surface area (Å²) < 4.78 is 34.7. The molecule has 118 valence electrons. The van der Waals surface area contributed by atoms with Crippen LogP contribution in [0.2, 0.25) is 0 Å². The maximum atomic E-state index is 12.9. The molecule has 0 aliphatic carbocycles. The normalized spacial score (nSPS) is 33.2. The van der Waals surface area contributed by atoms with Gasteiger partial charge in [-0.05, 0) is 33.6 Å². The van der Waals surface area contributed by atoms with Crippen LogP contribution in [0.4, 0.5) is 0 Å². The minimum atomic E-state index is -3.42. The van der Waals surface area contributed by atoms with E-state index < -0.39 is 15.8 Å². The van der Waals surface area contributed by atoms with E-state index in [1.54, 1.807) is 8.61 Å². The zero-order valence-electron chi connectivity index (χ0n) is 12.5. The highest BCUT2D eigenvalue weighted by Crippen LogP contribution is 2.28. The quantitative estimate of drug-likeness (QED) is 0.744. The number of piperidine rings is 1. The molecule has 0 bridgehead atoms. The van der Waals surface area contributed by atoms with Crippen LogP contribution in [0.5, 0.6) is 0 Å². The van der Waals surface area contributed by atoms with Crippen molar-refractivity contribution in [2.24, 2.45) is 0 Å². The largest absolute Gasteiger partial charge is 0.368 e. The lowest BCUT2D eigenvalue weighted by molar-refractivity contribution is -0.109. The predicted molar refractivity (Wildman–Crippen MR) is 80.2 cm³/mol. The summed E-state index contributed by atoms with van der Waals surface area (Å²) in [6.45, 7) is 7.15. The van der Waals surface area contributed by atoms with Gasteiger partial charge in [-0.2, -0.15) is 17.0 Å². The Morgan fingerprint density at radius 3 is 2.65 bits per heavy atom. The molecular formula is C13H25ClN2O3S. The van der Waals surface area contributed by atoms with E-state index in [4.69, 9.17) is 16.3 Å². The van der Waals surface area contributed by atoms with Gasteiger partial charge in [0.15, 0.2) is 0 Å². The monoisotopic (exact) mass is 324 g/mol. The zero-order valence-corrected chi connectivity index (χ0v) is 14.1. The van der Waals surface area contributed by atoms with Gasteiger partial charge >= 0.3 is 0 Å². The molecule has 0 amide bonds. The van der Waals surface area contributed by atoms with E-state index in [0.717, 1.165) is 19.3 Å². The van der Waals surface area contributed by atoms with Crippen LogP contribution in [0.15, 0.2) is 0 Å². The number of alkyl halides is 1. The minimum absolute atomic E-state index is 0.0779. The van der Waals surface area contributed by atoms with Crippen molar-refractivity contribution in [2.75, 3.05) is 25.5 Å². The van der Waals surface area contributed by atoms with Crippen molar-refractivity contribution in [1.82, 2.24) is 8.61 Å². The third kappa shape index (κ3) is 3.47. The first kappa shape index (κ1) is 16.5. The van der Waals surface area contributed by atoms with E-state index in [9.17, 15) is 8.42 Å². The van der Waals surface area contributed by atoms with Crippen LogP contribution in [0.3, 0.4) is 0 Å². The fourth-order valence-electron chi connectivity index (χ4n) is 3.06. The lowest BCUT2D eigenvalue weighted by Gasteiger charge is -2.44. The summed E-state index contributed by atoms with van der Waals surface area (Å²) in [7, 11) is -3.42. The summed E-state index contributed by atoms with van der Waals surface area (Å²) in [5.74, 6) is 0.311. The predicted octanol–water partition coefficient (Wildman–Crippen LogP) is 1.82. The molecule has 20 heavy (non-hydrogen) atoms. The van der Waals surface area contributed by atoms with Crippen LogP contribution in [0.25, 0.3) is 0 Å². The summed E-state index contributed by atoms with van der Waals surface area (Å²) in [5.41, 5.74) is -0.496. The SMILES string of the molecule is CC1CCCCN1S(=O)(=O)N1CC(CCl)OC(C)(C)C1. The van der Waals surface area contributed by atoms with E-state index in [0.29, 0.717) is 25.5 Å². The van der Waals surface area contributed by atoms with Gasteiger partial charge in [-0.25, -0.2) is 0 Å². The van der Waals surface area contributed by atoms with Crippen LogP contribution in [-0.2, 0) is 14.9 Å². The first-order chi connectivity index (χ1) is 9.26. The number of ether oxygens (including phenoxy) is 1. The van der Waals surface area contributed by atoms with Crippen molar-refractivity contribution in [3.8, 4) is 0 Å². The van der Waals surface area contributed by atoms with E-state index in [-0.39, 0.29) is 12.1 Å². The number of halogens is 1. The van der Waals surface area contributed by atoms with Crippen LogP contribution in [0, 0.1) is 0 Å².